The van der Waals surface area contributed by atoms with E-state index in [1.165, 1.54) is 6.07 Å². The van der Waals surface area contributed by atoms with Crippen molar-refractivity contribution in [1.82, 2.24) is 15.5 Å². The first-order chi connectivity index (χ1) is 10.5. The Morgan fingerprint density at radius 3 is 2.32 bits per heavy atom. The molecule has 0 spiro atoms. The Balaban J connectivity index is 2.46. The molecule has 0 unspecified atom stereocenters. The zero-order chi connectivity index (χ0) is 16.5. The van der Waals surface area contributed by atoms with Gasteiger partial charge in [-0.05, 0) is 25.2 Å². The van der Waals surface area contributed by atoms with Gasteiger partial charge in [-0.1, -0.05) is 26.0 Å². The highest BCUT2D eigenvalue weighted by Gasteiger charge is 2.18. The normalized spacial score (nSPS) is 10.3. The second-order valence-corrected chi connectivity index (χ2v) is 4.65. The highest BCUT2D eigenvalue weighted by molar-refractivity contribution is 6.38. The largest absolute Gasteiger partial charge is 0.398 e. The maximum absolute atomic E-state index is 11.9. The van der Waals surface area contributed by atoms with E-state index in [9.17, 15) is 14.4 Å². The topological polar surface area (TPSA) is 105 Å². The first-order valence-corrected chi connectivity index (χ1v) is 7.19. The fraction of sp³-hybridized carbons (Fsp3) is 0.400. The summed E-state index contributed by atoms with van der Waals surface area (Å²) < 4.78 is 0. The molecule has 0 saturated carbocycles. The number of nitrogen functional groups attached to an aromatic ring is 1. The molecule has 22 heavy (non-hydrogen) atoms. The van der Waals surface area contributed by atoms with E-state index in [0.717, 1.165) is 13.1 Å². The number of nitrogens with two attached hydrogens (primary N) is 1. The van der Waals surface area contributed by atoms with Crippen molar-refractivity contribution >= 4 is 23.4 Å². The van der Waals surface area contributed by atoms with Gasteiger partial charge in [0.1, 0.15) is 0 Å². The molecule has 0 radical (unpaired) electrons. The zero-order valence-electron chi connectivity index (χ0n) is 12.9. The predicted molar refractivity (Wildman–Crippen MR) is 84.1 cm³/mol. The van der Waals surface area contributed by atoms with Gasteiger partial charge in [-0.3, -0.25) is 19.7 Å². The van der Waals surface area contributed by atoms with E-state index < -0.39 is 17.7 Å². The van der Waals surface area contributed by atoms with Crippen LogP contribution in [0.4, 0.5) is 5.69 Å². The second-order valence-electron chi connectivity index (χ2n) is 4.65. The number of benzene rings is 1. The van der Waals surface area contributed by atoms with Crippen molar-refractivity contribution in [3.8, 4) is 0 Å². The molecule has 0 bridgehead atoms. The Kier molecular flexibility index (Phi) is 7.04. The van der Waals surface area contributed by atoms with E-state index in [1.807, 2.05) is 19.2 Å². The number of carbonyl (C=O) groups is 3. The van der Waals surface area contributed by atoms with E-state index in [0.29, 0.717) is 13.1 Å². The first-order valence-electron chi connectivity index (χ1n) is 7.19. The molecule has 7 nitrogen and oxygen atoms in total. The number of para-hydroxylation sites is 1. The maximum Gasteiger partial charge on any atom is 0.316 e. The van der Waals surface area contributed by atoms with Crippen molar-refractivity contribution in [2.24, 2.45) is 0 Å². The van der Waals surface area contributed by atoms with Gasteiger partial charge in [-0.15, -0.1) is 0 Å². The number of hydrogen-bond donors (Lipinski definition) is 3. The molecule has 1 aromatic rings. The number of nitrogens with zero attached hydrogens (tertiary/aromatic N) is 1. The van der Waals surface area contributed by atoms with Crippen molar-refractivity contribution in [3.05, 3.63) is 29.8 Å². The third kappa shape index (κ3) is 5.17. The van der Waals surface area contributed by atoms with E-state index in [1.54, 1.807) is 18.2 Å². The van der Waals surface area contributed by atoms with Gasteiger partial charge in [-0.2, -0.15) is 0 Å². The Labute approximate surface area is 129 Å². The summed E-state index contributed by atoms with van der Waals surface area (Å²) >= 11 is 0. The van der Waals surface area contributed by atoms with Crippen LogP contribution in [-0.4, -0.2) is 48.8 Å². The van der Waals surface area contributed by atoms with Crippen LogP contribution < -0.4 is 16.4 Å². The molecule has 0 saturated heterocycles. The number of carbonyl (C=O) groups excluding carboxylic acids is 3. The van der Waals surface area contributed by atoms with Crippen molar-refractivity contribution in [2.75, 3.05) is 31.9 Å². The van der Waals surface area contributed by atoms with Gasteiger partial charge in [-0.25, -0.2) is 0 Å². The van der Waals surface area contributed by atoms with Crippen LogP contribution in [0, 0.1) is 0 Å². The van der Waals surface area contributed by atoms with Crippen LogP contribution in [-0.2, 0) is 9.59 Å². The van der Waals surface area contributed by atoms with Crippen LogP contribution in [0.5, 0.6) is 0 Å². The van der Waals surface area contributed by atoms with Gasteiger partial charge >= 0.3 is 11.8 Å². The molecule has 0 aliphatic rings. The minimum Gasteiger partial charge on any atom is -0.398 e. The van der Waals surface area contributed by atoms with Crippen LogP contribution in [0.15, 0.2) is 24.3 Å². The number of anilines is 1. The Morgan fingerprint density at radius 2 is 1.73 bits per heavy atom. The summed E-state index contributed by atoms with van der Waals surface area (Å²) in [6.45, 7) is 6.75. The number of rotatable bonds is 6. The molecule has 0 heterocycles. The molecule has 4 N–H and O–H groups in total. The molecule has 0 aromatic heterocycles. The summed E-state index contributed by atoms with van der Waals surface area (Å²) in [6.07, 6.45) is 0. The summed E-state index contributed by atoms with van der Waals surface area (Å²) in [4.78, 5) is 37.2. The average molecular weight is 306 g/mol. The molecule has 3 amide bonds. The van der Waals surface area contributed by atoms with E-state index in [-0.39, 0.29) is 11.3 Å². The quantitative estimate of drug-likeness (QED) is 0.506. The van der Waals surface area contributed by atoms with Crippen LogP contribution in [0.1, 0.15) is 24.2 Å². The number of amides is 3. The number of hydrogen-bond acceptors (Lipinski definition) is 5. The van der Waals surface area contributed by atoms with Crippen LogP contribution in [0.3, 0.4) is 0 Å². The SMILES string of the molecule is CCN(CC)CCNC(=O)C(=O)NC(=O)c1ccccc1N. The third-order valence-corrected chi connectivity index (χ3v) is 3.25. The smallest absolute Gasteiger partial charge is 0.316 e. The number of nitrogens with one attached hydrogen (secondary N) is 2. The summed E-state index contributed by atoms with van der Waals surface area (Å²) in [5, 5.41) is 4.50. The fourth-order valence-corrected chi connectivity index (χ4v) is 1.88. The Bertz CT molecular complexity index is 541. The minimum absolute atomic E-state index is 0.159. The molecule has 0 aliphatic carbocycles. The summed E-state index contributed by atoms with van der Waals surface area (Å²) in [6, 6.07) is 6.33. The third-order valence-electron chi connectivity index (χ3n) is 3.25. The molecular weight excluding hydrogens is 284 g/mol. The van der Waals surface area contributed by atoms with E-state index >= 15 is 0 Å². The highest BCUT2D eigenvalue weighted by Crippen LogP contribution is 2.09. The molecule has 1 aromatic carbocycles. The van der Waals surface area contributed by atoms with Crippen molar-refractivity contribution in [1.29, 1.82) is 0 Å². The second kappa shape index (κ2) is 8.78. The first kappa shape index (κ1) is 17.6. The molecule has 0 atom stereocenters. The van der Waals surface area contributed by atoms with Crippen LogP contribution >= 0.6 is 0 Å². The Morgan fingerprint density at radius 1 is 1.09 bits per heavy atom. The van der Waals surface area contributed by atoms with Crippen LogP contribution in [0.2, 0.25) is 0 Å². The van der Waals surface area contributed by atoms with Crippen molar-refractivity contribution in [2.45, 2.75) is 13.8 Å². The molecular formula is C15H22N4O3. The molecule has 0 fully saturated rings. The molecule has 7 heteroatoms. The van der Waals surface area contributed by atoms with Crippen molar-refractivity contribution in [3.63, 3.8) is 0 Å². The zero-order valence-corrected chi connectivity index (χ0v) is 12.9. The predicted octanol–water partition coefficient (Wildman–Crippen LogP) is -0.0168. The fourth-order valence-electron chi connectivity index (χ4n) is 1.88. The lowest BCUT2D eigenvalue weighted by Gasteiger charge is -2.17. The van der Waals surface area contributed by atoms with Crippen molar-refractivity contribution < 1.29 is 14.4 Å². The highest BCUT2D eigenvalue weighted by atomic mass is 16.2. The lowest BCUT2D eigenvalue weighted by molar-refractivity contribution is -0.138. The Hall–Kier alpha value is -2.41. The van der Waals surface area contributed by atoms with Gasteiger partial charge in [0, 0.05) is 18.8 Å². The number of imide groups is 1. The molecule has 1 rings (SSSR count). The maximum atomic E-state index is 11.9. The van der Waals surface area contributed by atoms with Gasteiger partial charge in [0.25, 0.3) is 5.91 Å². The van der Waals surface area contributed by atoms with E-state index in [2.05, 4.69) is 10.2 Å². The monoisotopic (exact) mass is 306 g/mol. The lowest BCUT2D eigenvalue weighted by atomic mass is 10.1. The molecule has 0 aliphatic heterocycles. The van der Waals surface area contributed by atoms with Gasteiger partial charge in [0.15, 0.2) is 0 Å². The summed E-state index contributed by atoms with van der Waals surface area (Å²) in [5.74, 6) is -2.52. The van der Waals surface area contributed by atoms with Crippen LogP contribution in [0.25, 0.3) is 0 Å². The summed E-state index contributed by atoms with van der Waals surface area (Å²) in [7, 11) is 0. The van der Waals surface area contributed by atoms with E-state index in [4.69, 9.17) is 5.73 Å². The average Bonchev–Trinajstić information content (AvgIpc) is 2.51. The van der Waals surface area contributed by atoms with Gasteiger partial charge in [0.05, 0.1) is 5.56 Å². The minimum atomic E-state index is -0.993. The van der Waals surface area contributed by atoms with Gasteiger partial charge in [0.2, 0.25) is 0 Å². The van der Waals surface area contributed by atoms with Gasteiger partial charge < -0.3 is 16.0 Å². The number of likely N-dealkylation sites (N-methyl/N-ethyl adjacent to an activating group) is 1. The summed E-state index contributed by atoms with van der Waals surface area (Å²) in [5.41, 5.74) is 6.04. The molecule has 120 valence electrons. The lowest BCUT2D eigenvalue weighted by Crippen LogP contribution is -2.45. The standard InChI is InChI=1S/C15H22N4O3/c1-3-19(4-2)10-9-17-14(21)15(22)18-13(20)11-7-5-6-8-12(11)16/h5-8H,3-4,9-10,16H2,1-2H3,(H,17,21)(H,18,20,22).